The van der Waals surface area contributed by atoms with E-state index in [0.29, 0.717) is 7.14 Å². The number of rotatable bonds is 4. The molecule has 0 unspecified atom stereocenters. The van der Waals surface area contributed by atoms with E-state index in [1.165, 1.54) is 19.1 Å². The van der Waals surface area contributed by atoms with Gasteiger partial charge in [-0.1, -0.05) is 0 Å². The van der Waals surface area contributed by atoms with Crippen molar-refractivity contribution < 1.29 is 23.4 Å². The third kappa shape index (κ3) is 3.66. The molecule has 0 saturated heterocycles. The SMILES string of the molecule is CCOC(=O)C(F)(F)[C@H](N)c1cc(I)c(O)c(I)c1. The summed E-state index contributed by atoms with van der Waals surface area (Å²) >= 11 is 3.60. The highest BCUT2D eigenvalue weighted by molar-refractivity contribution is 14.1. The second-order valence-electron chi connectivity index (χ2n) is 3.65. The number of esters is 1. The van der Waals surface area contributed by atoms with Gasteiger partial charge in [0.1, 0.15) is 11.8 Å². The molecule has 0 fully saturated rings. The van der Waals surface area contributed by atoms with Gasteiger partial charge in [-0.3, -0.25) is 0 Å². The molecule has 1 atom stereocenters. The molecule has 1 aromatic rings. The van der Waals surface area contributed by atoms with Crippen LogP contribution in [-0.2, 0) is 9.53 Å². The summed E-state index contributed by atoms with van der Waals surface area (Å²) in [4.78, 5) is 11.2. The highest BCUT2D eigenvalue weighted by atomic mass is 127. The Morgan fingerprint density at radius 3 is 2.37 bits per heavy atom. The number of alkyl halides is 2. The number of ether oxygens (including phenoxy) is 1. The lowest BCUT2D eigenvalue weighted by molar-refractivity contribution is -0.174. The van der Waals surface area contributed by atoms with Crippen LogP contribution in [0.3, 0.4) is 0 Å². The number of carbonyl (C=O) groups excluding carboxylic acids is 1. The molecule has 1 rings (SSSR count). The fourth-order valence-electron chi connectivity index (χ4n) is 1.33. The lowest BCUT2D eigenvalue weighted by Crippen LogP contribution is -2.41. The fourth-order valence-corrected chi connectivity index (χ4v) is 3.14. The van der Waals surface area contributed by atoms with E-state index in [9.17, 15) is 18.7 Å². The van der Waals surface area contributed by atoms with Gasteiger partial charge in [0.15, 0.2) is 0 Å². The van der Waals surface area contributed by atoms with Crippen molar-refractivity contribution in [2.45, 2.75) is 18.9 Å². The zero-order valence-corrected chi connectivity index (χ0v) is 14.1. The molecule has 0 saturated carbocycles. The summed E-state index contributed by atoms with van der Waals surface area (Å²) in [6, 6.07) is 0.806. The van der Waals surface area contributed by atoms with Crippen LogP contribution in [-0.4, -0.2) is 23.6 Å². The van der Waals surface area contributed by atoms with E-state index in [4.69, 9.17) is 5.73 Å². The first kappa shape index (κ1) is 16.8. The highest BCUT2D eigenvalue weighted by Gasteiger charge is 2.48. The Kier molecular flexibility index (Phi) is 5.74. The van der Waals surface area contributed by atoms with Gasteiger partial charge < -0.3 is 15.6 Å². The summed E-state index contributed by atoms with van der Waals surface area (Å²) in [6.07, 6.45) is 0. The lowest BCUT2D eigenvalue weighted by atomic mass is 10.0. The summed E-state index contributed by atoms with van der Waals surface area (Å²) in [5.41, 5.74) is 5.51. The normalized spacial score (nSPS) is 13.2. The van der Waals surface area contributed by atoms with E-state index < -0.39 is 17.9 Å². The van der Waals surface area contributed by atoms with Gasteiger partial charge in [0.25, 0.3) is 0 Å². The van der Waals surface area contributed by atoms with Crippen LogP contribution in [0.15, 0.2) is 12.1 Å². The molecule has 0 radical (unpaired) electrons. The number of benzene rings is 1. The molecule has 4 nitrogen and oxygen atoms in total. The molecule has 1 aromatic carbocycles. The molecular weight excluding hydrogens is 486 g/mol. The quantitative estimate of drug-likeness (QED) is 0.496. The van der Waals surface area contributed by atoms with E-state index in [-0.39, 0.29) is 17.9 Å². The number of hydrogen-bond acceptors (Lipinski definition) is 4. The van der Waals surface area contributed by atoms with Crippen molar-refractivity contribution >= 4 is 51.2 Å². The van der Waals surface area contributed by atoms with Crippen LogP contribution >= 0.6 is 45.2 Å². The lowest BCUT2D eigenvalue weighted by Gasteiger charge is -2.22. The summed E-state index contributed by atoms with van der Waals surface area (Å²) < 4.78 is 32.6. The van der Waals surface area contributed by atoms with E-state index in [0.717, 1.165) is 0 Å². The molecule has 3 N–H and O–H groups in total. The number of aromatic hydroxyl groups is 1. The minimum atomic E-state index is -3.82. The Labute approximate surface area is 136 Å². The number of phenols is 1. The van der Waals surface area contributed by atoms with Crippen molar-refractivity contribution in [1.29, 1.82) is 0 Å². The van der Waals surface area contributed by atoms with E-state index in [2.05, 4.69) is 4.74 Å². The van der Waals surface area contributed by atoms with Crippen LogP contribution < -0.4 is 5.73 Å². The Balaban J connectivity index is 3.12. The van der Waals surface area contributed by atoms with Gasteiger partial charge in [-0.25, -0.2) is 4.79 Å². The topological polar surface area (TPSA) is 72.5 Å². The van der Waals surface area contributed by atoms with Crippen LogP contribution in [0.1, 0.15) is 18.5 Å². The van der Waals surface area contributed by atoms with E-state index >= 15 is 0 Å². The van der Waals surface area contributed by atoms with Crippen molar-refractivity contribution in [3.05, 3.63) is 24.8 Å². The number of hydrogen-bond donors (Lipinski definition) is 2. The Morgan fingerprint density at radius 2 is 1.95 bits per heavy atom. The second-order valence-corrected chi connectivity index (χ2v) is 5.98. The predicted octanol–water partition coefficient (Wildman–Crippen LogP) is 2.80. The monoisotopic (exact) mass is 497 g/mol. The smallest absolute Gasteiger partial charge is 0.379 e. The van der Waals surface area contributed by atoms with Gasteiger partial charge in [-0.2, -0.15) is 8.78 Å². The molecule has 0 spiro atoms. The summed E-state index contributed by atoms with van der Waals surface area (Å²) in [5.74, 6) is -5.48. The first-order valence-corrected chi connectivity index (χ1v) is 7.36. The molecule has 0 bridgehead atoms. The molecule has 0 aliphatic carbocycles. The van der Waals surface area contributed by atoms with Gasteiger partial charge in [0.2, 0.25) is 0 Å². The standard InChI is InChI=1S/C11H11F2I2NO3/c1-2-19-10(18)11(12,13)9(16)5-3-6(14)8(17)7(15)4-5/h3-4,9,17H,2,16H2,1H3/t9-/m1/s1. The van der Waals surface area contributed by atoms with Crippen molar-refractivity contribution in [3.63, 3.8) is 0 Å². The van der Waals surface area contributed by atoms with Gasteiger partial charge in [0.05, 0.1) is 13.7 Å². The number of carbonyl (C=O) groups is 1. The maximum atomic E-state index is 13.8. The fraction of sp³-hybridized carbons (Fsp3) is 0.364. The summed E-state index contributed by atoms with van der Waals surface area (Å²) in [5, 5.41) is 9.57. The predicted molar refractivity (Wildman–Crippen MR) is 82.0 cm³/mol. The molecule has 8 heteroatoms. The minimum Gasteiger partial charge on any atom is -0.506 e. The maximum absolute atomic E-state index is 13.8. The van der Waals surface area contributed by atoms with Crippen molar-refractivity contribution in [3.8, 4) is 5.75 Å². The number of halogens is 4. The zero-order chi connectivity index (χ0) is 14.8. The first-order valence-electron chi connectivity index (χ1n) is 5.20. The van der Waals surface area contributed by atoms with Crippen LogP contribution in [0.25, 0.3) is 0 Å². The van der Waals surface area contributed by atoms with Gasteiger partial charge in [-0.15, -0.1) is 0 Å². The Bertz CT molecular complexity index is 474. The Hall–Kier alpha value is -0.230. The highest BCUT2D eigenvalue weighted by Crippen LogP contribution is 2.35. The van der Waals surface area contributed by atoms with Crippen LogP contribution in [0.5, 0.6) is 5.75 Å². The average Bonchev–Trinajstić information content (AvgIpc) is 2.34. The van der Waals surface area contributed by atoms with Crippen molar-refractivity contribution in [2.75, 3.05) is 6.61 Å². The number of phenolic OH excluding ortho intramolecular Hbond substituents is 1. The summed E-state index contributed by atoms with van der Waals surface area (Å²) in [7, 11) is 0. The third-order valence-electron chi connectivity index (χ3n) is 2.34. The minimum absolute atomic E-state index is 0.00315. The summed E-state index contributed by atoms with van der Waals surface area (Å²) in [6.45, 7) is 1.29. The maximum Gasteiger partial charge on any atom is 0.379 e. The van der Waals surface area contributed by atoms with Gasteiger partial charge >= 0.3 is 11.9 Å². The van der Waals surface area contributed by atoms with Crippen LogP contribution in [0.2, 0.25) is 0 Å². The molecular formula is C11H11F2I2NO3. The first-order chi connectivity index (χ1) is 8.71. The molecule has 19 heavy (non-hydrogen) atoms. The molecule has 0 heterocycles. The van der Waals surface area contributed by atoms with Crippen LogP contribution in [0.4, 0.5) is 8.78 Å². The molecule has 0 aliphatic rings. The largest absolute Gasteiger partial charge is 0.506 e. The molecule has 0 amide bonds. The van der Waals surface area contributed by atoms with Crippen molar-refractivity contribution in [1.82, 2.24) is 0 Å². The van der Waals surface area contributed by atoms with Gasteiger partial charge in [0, 0.05) is 0 Å². The van der Waals surface area contributed by atoms with Crippen molar-refractivity contribution in [2.24, 2.45) is 5.73 Å². The molecule has 106 valence electrons. The third-order valence-corrected chi connectivity index (χ3v) is 3.98. The number of nitrogens with two attached hydrogens (primary N) is 1. The van der Waals surface area contributed by atoms with E-state index in [1.807, 2.05) is 0 Å². The van der Waals surface area contributed by atoms with Gasteiger partial charge in [-0.05, 0) is 69.8 Å². The van der Waals surface area contributed by atoms with E-state index in [1.54, 1.807) is 45.2 Å². The van der Waals surface area contributed by atoms with Crippen LogP contribution in [0, 0.1) is 7.14 Å². The molecule has 0 aromatic heterocycles. The average molecular weight is 497 g/mol. The Morgan fingerprint density at radius 1 is 1.47 bits per heavy atom. The molecule has 0 aliphatic heterocycles. The second kappa shape index (κ2) is 6.48. The zero-order valence-electron chi connectivity index (χ0n) is 9.79.